The molecule has 0 saturated carbocycles. The van der Waals surface area contributed by atoms with Gasteiger partial charge in [0.2, 0.25) is 5.88 Å². The lowest BCUT2D eigenvalue weighted by molar-refractivity contribution is 0.432. The summed E-state index contributed by atoms with van der Waals surface area (Å²) in [5.41, 5.74) is 3.81. The van der Waals surface area contributed by atoms with Crippen LogP contribution in [0, 0.1) is 11.7 Å². The highest BCUT2D eigenvalue weighted by molar-refractivity contribution is 7.71. The summed E-state index contributed by atoms with van der Waals surface area (Å²) in [6.07, 6.45) is 2.10. The second-order valence-corrected chi connectivity index (χ2v) is 8.02. The number of hydrogen-bond donors (Lipinski definition) is 2. The van der Waals surface area contributed by atoms with Crippen LogP contribution in [0.4, 0.5) is 0 Å². The number of rotatable bonds is 2. The first-order valence-electron chi connectivity index (χ1n) is 9.36. The number of nitrogens with zero attached hydrogens (tertiary/aromatic N) is 5. The molecule has 2 aromatic heterocycles. The van der Waals surface area contributed by atoms with Crippen LogP contribution in [0.3, 0.4) is 0 Å². The van der Waals surface area contributed by atoms with Crippen molar-refractivity contribution in [2.75, 3.05) is 0 Å². The number of fused-ring (bicyclic) bond motifs is 3. The lowest BCUT2D eigenvalue weighted by atomic mass is 9.96. The summed E-state index contributed by atoms with van der Waals surface area (Å²) in [7, 11) is 0. The monoisotopic (exact) mass is 450 g/mol. The third kappa shape index (κ3) is 3.28. The van der Waals surface area contributed by atoms with Crippen molar-refractivity contribution in [2.45, 2.75) is 13.3 Å². The molecule has 0 radical (unpaired) electrons. The molecule has 0 saturated heterocycles. The quantitative estimate of drug-likeness (QED) is 0.452. The number of aryl methyl sites for hydroxylation is 1. The zero-order chi connectivity index (χ0) is 21.7. The minimum absolute atomic E-state index is 0.0589. The van der Waals surface area contributed by atoms with Gasteiger partial charge in [-0.2, -0.15) is 4.68 Å². The van der Waals surface area contributed by atoms with Crippen molar-refractivity contribution in [3.05, 3.63) is 85.1 Å². The zero-order valence-corrected chi connectivity index (χ0v) is 17.8. The SMILES string of the molecule is Cc1ccc2c(c1)-n1nnnc1C(=Cc1c(O)n(-c3ccc(Cl)cc3)c(=S)[nH]c1=O)C2. The van der Waals surface area contributed by atoms with Crippen molar-refractivity contribution in [3.63, 3.8) is 0 Å². The Balaban J connectivity index is 1.69. The molecule has 0 fully saturated rings. The fourth-order valence-electron chi connectivity index (χ4n) is 3.64. The number of nitrogens with one attached hydrogen (secondary N) is 1. The minimum atomic E-state index is -0.506. The molecule has 0 unspecified atom stereocenters. The van der Waals surface area contributed by atoms with E-state index >= 15 is 0 Å². The Morgan fingerprint density at radius 3 is 2.77 bits per heavy atom. The largest absolute Gasteiger partial charge is 0.494 e. The second kappa shape index (κ2) is 7.29. The Morgan fingerprint density at radius 1 is 1.23 bits per heavy atom. The maximum Gasteiger partial charge on any atom is 0.262 e. The van der Waals surface area contributed by atoms with Crippen molar-refractivity contribution >= 4 is 35.5 Å². The summed E-state index contributed by atoms with van der Waals surface area (Å²) in [6.45, 7) is 2.00. The van der Waals surface area contributed by atoms with E-state index in [2.05, 4.69) is 20.5 Å². The van der Waals surface area contributed by atoms with Gasteiger partial charge in [-0.25, -0.2) is 0 Å². The maximum absolute atomic E-state index is 12.7. The van der Waals surface area contributed by atoms with Gasteiger partial charge < -0.3 is 5.11 Å². The van der Waals surface area contributed by atoms with Gasteiger partial charge in [-0.3, -0.25) is 14.3 Å². The zero-order valence-electron chi connectivity index (χ0n) is 16.2. The van der Waals surface area contributed by atoms with E-state index < -0.39 is 5.56 Å². The third-order valence-electron chi connectivity index (χ3n) is 5.13. The third-order valence-corrected chi connectivity index (χ3v) is 5.67. The van der Waals surface area contributed by atoms with E-state index in [1.165, 1.54) is 4.57 Å². The molecule has 1 aliphatic heterocycles. The topological polar surface area (TPSA) is 102 Å². The highest BCUT2D eigenvalue weighted by Crippen LogP contribution is 2.32. The van der Waals surface area contributed by atoms with Gasteiger partial charge in [0.1, 0.15) is 5.56 Å². The molecular weight excluding hydrogens is 436 g/mol. The Hall–Kier alpha value is -3.56. The predicted octanol–water partition coefficient (Wildman–Crippen LogP) is 3.63. The van der Waals surface area contributed by atoms with Crippen LogP contribution in [0.25, 0.3) is 23.0 Å². The van der Waals surface area contributed by atoms with E-state index in [-0.39, 0.29) is 16.2 Å². The smallest absolute Gasteiger partial charge is 0.262 e. The van der Waals surface area contributed by atoms with Gasteiger partial charge in [0.05, 0.1) is 11.4 Å². The molecule has 2 N–H and O–H groups in total. The molecular formula is C21H15ClN6O2S. The second-order valence-electron chi connectivity index (χ2n) is 7.20. The molecule has 0 amide bonds. The first-order chi connectivity index (χ1) is 14.9. The number of hydrogen-bond acceptors (Lipinski definition) is 6. The van der Waals surface area contributed by atoms with E-state index in [9.17, 15) is 9.90 Å². The Bertz CT molecular complexity index is 1480. The Labute approximate surface area is 186 Å². The van der Waals surface area contributed by atoms with Gasteiger partial charge in [-0.05, 0) is 77.1 Å². The van der Waals surface area contributed by atoms with Crippen LogP contribution in [-0.4, -0.2) is 34.9 Å². The minimum Gasteiger partial charge on any atom is -0.494 e. The molecule has 0 aliphatic carbocycles. The van der Waals surface area contributed by atoms with Crippen molar-refractivity contribution in [1.82, 2.24) is 29.8 Å². The molecule has 0 spiro atoms. The van der Waals surface area contributed by atoms with Crippen LogP contribution < -0.4 is 5.56 Å². The molecule has 0 atom stereocenters. The van der Waals surface area contributed by atoms with E-state index in [1.807, 2.05) is 25.1 Å². The van der Waals surface area contributed by atoms with Gasteiger partial charge >= 0.3 is 0 Å². The first kappa shape index (κ1) is 19.4. The fraction of sp³-hybridized carbons (Fsp3) is 0.0952. The average molecular weight is 451 g/mol. The number of benzene rings is 2. The number of tetrazole rings is 1. The molecule has 31 heavy (non-hydrogen) atoms. The summed E-state index contributed by atoms with van der Waals surface area (Å²) in [6, 6.07) is 12.8. The van der Waals surface area contributed by atoms with E-state index in [1.54, 1.807) is 35.0 Å². The highest BCUT2D eigenvalue weighted by atomic mass is 35.5. The Kier molecular flexibility index (Phi) is 4.57. The summed E-state index contributed by atoms with van der Waals surface area (Å²) in [5, 5.41) is 23.5. The van der Waals surface area contributed by atoms with E-state index in [0.29, 0.717) is 28.5 Å². The normalized spacial score (nSPS) is 13.8. The van der Waals surface area contributed by atoms with Crippen LogP contribution in [0.15, 0.2) is 47.3 Å². The van der Waals surface area contributed by atoms with Gasteiger partial charge in [0.15, 0.2) is 10.6 Å². The van der Waals surface area contributed by atoms with Crippen molar-refractivity contribution in [3.8, 4) is 17.3 Å². The molecule has 8 nitrogen and oxygen atoms in total. The van der Waals surface area contributed by atoms with Crippen LogP contribution in [0.1, 0.15) is 22.5 Å². The number of aromatic hydroxyl groups is 1. The van der Waals surface area contributed by atoms with E-state index in [4.69, 9.17) is 23.8 Å². The highest BCUT2D eigenvalue weighted by Gasteiger charge is 2.24. The van der Waals surface area contributed by atoms with Gasteiger partial charge in [-0.1, -0.05) is 23.7 Å². The summed E-state index contributed by atoms with van der Waals surface area (Å²) in [5.74, 6) is 0.231. The van der Waals surface area contributed by atoms with Crippen LogP contribution in [0.2, 0.25) is 5.02 Å². The molecule has 10 heteroatoms. The standard InChI is InChI=1S/C21H15ClN6O2S/c1-11-2-3-12-9-13(18-24-25-26-28(18)17(12)8-11)10-16-19(29)23-21(31)27(20(16)30)15-6-4-14(22)5-7-15/h2-8,10,30H,9H2,1H3,(H,23,29,31). The molecule has 3 heterocycles. The lowest BCUT2D eigenvalue weighted by Crippen LogP contribution is -2.17. The number of aromatic amines is 1. The van der Waals surface area contributed by atoms with Gasteiger partial charge in [-0.15, -0.1) is 5.10 Å². The molecule has 154 valence electrons. The van der Waals surface area contributed by atoms with E-state index in [0.717, 1.165) is 16.8 Å². The van der Waals surface area contributed by atoms with Crippen LogP contribution >= 0.6 is 23.8 Å². The molecule has 2 aromatic carbocycles. The lowest BCUT2D eigenvalue weighted by Gasteiger charge is -2.19. The molecule has 5 rings (SSSR count). The van der Waals surface area contributed by atoms with Crippen LogP contribution in [-0.2, 0) is 6.42 Å². The molecule has 1 aliphatic rings. The molecule has 4 aromatic rings. The number of aromatic nitrogens is 6. The number of H-pyrrole nitrogens is 1. The summed E-state index contributed by atoms with van der Waals surface area (Å²) < 4.78 is 3.08. The maximum atomic E-state index is 12.7. The van der Waals surface area contributed by atoms with Crippen molar-refractivity contribution in [2.24, 2.45) is 0 Å². The first-order valence-corrected chi connectivity index (χ1v) is 10.1. The van der Waals surface area contributed by atoms with Gasteiger partial charge in [0, 0.05) is 17.0 Å². The fourth-order valence-corrected chi connectivity index (χ4v) is 4.05. The van der Waals surface area contributed by atoms with Crippen LogP contribution in [0.5, 0.6) is 5.88 Å². The molecule has 0 bridgehead atoms. The Morgan fingerprint density at radius 2 is 2.00 bits per heavy atom. The van der Waals surface area contributed by atoms with Crippen molar-refractivity contribution < 1.29 is 5.11 Å². The number of halogens is 1. The summed E-state index contributed by atoms with van der Waals surface area (Å²) in [4.78, 5) is 15.3. The summed E-state index contributed by atoms with van der Waals surface area (Å²) >= 11 is 11.2. The average Bonchev–Trinajstić information content (AvgIpc) is 3.23. The van der Waals surface area contributed by atoms with Crippen molar-refractivity contribution in [1.29, 1.82) is 0 Å². The predicted molar refractivity (Wildman–Crippen MR) is 119 cm³/mol. The van der Waals surface area contributed by atoms with Gasteiger partial charge in [0.25, 0.3) is 5.56 Å². The number of allylic oxidation sites excluding steroid dienone is 1.